The fraction of sp³-hybridized carbons (Fsp3) is 0.308. The molecule has 108 valence electrons. The number of anilines is 1. The molecule has 6 nitrogen and oxygen atoms in total. The van der Waals surface area contributed by atoms with Crippen LogP contribution in [0.25, 0.3) is 0 Å². The Morgan fingerprint density at radius 1 is 1.35 bits per heavy atom. The van der Waals surface area contributed by atoms with Gasteiger partial charge in [-0.1, -0.05) is 24.4 Å². The highest BCUT2D eigenvalue weighted by Gasteiger charge is 2.22. The number of likely N-dealkylation sites (N-methyl/N-ethyl adjacent to an activating group) is 1. The maximum atomic E-state index is 11.9. The number of amides is 3. The second kappa shape index (κ2) is 6.85. The third-order valence-corrected chi connectivity index (χ3v) is 3.19. The van der Waals surface area contributed by atoms with E-state index in [-0.39, 0.29) is 4.99 Å². The molecule has 7 heteroatoms. The number of urea groups is 1. The van der Waals surface area contributed by atoms with Gasteiger partial charge in [-0.05, 0) is 19.1 Å². The molecule has 0 aromatic heterocycles. The van der Waals surface area contributed by atoms with Gasteiger partial charge >= 0.3 is 6.03 Å². The zero-order chi connectivity index (χ0) is 15.3. The first-order chi connectivity index (χ1) is 9.38. The van der Waals surface area contributed by atoms with E-state index in [1.807, 2.05) is 18.2 Å². The molecule has 0 aliphatic carbocycles. The third kappa shape index (κ3) is 3.67. The van der Waals surface area contributed by atoms with Crippen LogP contribution in [0, 0.1) is 0 Å². The number of benzene rings is 1. The summed E-state index contributed by atoms with van der Waals surface area (Å²) in [6.45, 7) is 1.69. The fourth-order valence-electron chi connectivity index (χ4n) is 1.65. The van der Waals surface area contributed by atoms with Gasteiger partial charge in [-0.15, -0.1) is 0 Å². The van der Waals surface area contributed by atoms with E-state index in [0.717, 1.165) is 5.69 Å². The second-order valence-corrected chi connectivity index (χ2v) is 4.68. The van der Waals surface area contributed by atoms with Crippen LogP contribution in [0.4, 0.5) is 10.5 Å². The van der Waals surface area contributed by atoms with Crippen molar-refractivity contribution in [2.75, 3.05) is 19.0 Å². The number of carbonyl (C=O) groups excluding carboxylic acids is 2. The van der Waals surface area contributed by atoms with Crippen molar-refractivity contribution in [3.8, 4) is 0 Å². The van der Waals surface area contributed by atoms with E-state index in [4.69, 9.17) is 18.0 Å². The van der Waals surface area contributed by atoms with Gasteiger partial charge in [0, 0.05) is 25.3 Å². The zero-order valence-electron chi connectivity index (χ0n) is 11.6. The van der Waals surface area contributed by atoms with Crippen molar-refractivity contribution in [2.45, 2.75) is 13.0 Å². The Morgan fingerprint density at radius 2 is 1.95 bits per heavy atom. The van der Waals surface area contributed by atoms with Crippen molar-refractivity contribution in [1.29, 1.82) is 0 Å². The fourth-order valence-corrected chi connectivity index (χ4v) is 1.83. The number of imide groups is 1. The Hall–Kier alpha value is -2.15. The number of carbonyl (C=O) groups is 2. The van der Waals surface area contributed by atoms with Crippen LogP contribution in [-0.2, 0) is 4.79 Å². The molecule has 3 amide bonds. The Morgan fingerprint density at radius 3 is 2.50 bits per heavy atom. The predicted octanol–water partition coefficient (Wildman–Crippen LogP) is 0.601. The summed E-state index contributed by atoms with van der Waals surface area (Å²) >= 11 is 5.00. The molecule has 1 unspecified atom stereocenters. The summed E-state index contributed by atoms with van der Waals surface area (Å²) in [6, 6.07) is 6.16. The van der Waals surface area contributed by atoms with Crippen LogP contribution in [0.3, 0.4) is 0 Å². The summed E-state index contributed by atoms with van der Waals surface area (Å²) in [4.78, 5) is 25.1. The molecule has 1 aromatic carbocycles. The standard InChI is InChI=1S/C13H18N4O2S/c1-8(12(18)16-13(19)15-2)17(3)10-7-5-4-6-9(10)11(14)20/h4-8H,1-3H3,(H2,14,20)(H2,15,16,18,19). The Labute approximate surface area is 123 Å². The molecule has 0 radical (unpaired) electrons. The van der Waals surface area contributed by atoms with Crippen LogP contribution in [0.2, 0.25) is 0 Å². The first kappa shape index (κ1) is 15.9. The van der Waals surface area contributed by atoms with E-state index in [2.05, 4.69) is 10.6 Å². The Kier molecular flexibility index (Phi) is 5.45. The highest BCUT2D eigenvalue weighted by atomic mass is 32.1. The largest absolute Gasteiger partial charge is 0.389 e. The molecule has 1 rings (SSSR count). The number of nitrogens with one attached hydrogen (secondary N) is 2. The van der Waals surface area contributed by atoms with Crippen LogP contribution in [0.1, 0.15) is 12.5 Å². The van der Waals surface area contributed by atoms with Gasteiger partial charge in [0.15, 0.2) is 0 Å². The average molecular weight is 294 g/mol. The van der Waals surface area contributed by atoms with E-state index in [1.54, 1.807) is 24.9 Å². The second-order valence-electron chi connectivity index (χ2n) is 4.24. The van der Waals surface area contributed by atoms with E-state index in [9.17, 15) is 9.59 Å². The molecule has 0 heterocycles. The number of nitrogens with two attached hydrogens (primary N) is 1. The summed E-state index contributed by atoms with van der Waals surface area (Å²) in [6.07, 6.45) is 0. The molecule has 0 aliphatic rings. The van der Waals surface area contributed by atoms with Crippen molar-refractivity contribution < 1.29 is 9.59 Å². The van der Waals surface area contributed by atoms with E-state index < -0.39 is 18.0 Å². The molecule has 0 saturated heterocycles. The lowest BCUT2D eigenvalue weighted by Gasteiger charge is -2.27. The van der Waals surface area contributed by atoms with Crippen molar-refractivity contribution in [1.82, 2.24) is 10.6 Å². The van der Waals surface area contributed by atoms with Gasteiger partial charge in [0.05, 0.1) is 0 Å². The summed E-state index contributed by atoms with van der Waals surface area (Å²) in [5.74, 6) is -0.412. The Bertz CT molecular complexity index is 533. The van der Waals surface area contributed by atoms with Crippen LogP contribution in [0.5, 0.6) is 0 Å². The number of rotatable bonds is 4. The van der Waals surface area contributed by atoms with E-state index in [1.165, 1.54) is 7.05 Å². The number of para-hydroxylation sites is 1. The van der Waals surface area contributed by atoms with Crippen molar-refractivity contribution >= 4 is 34.8 Å². The topological polar surface area (TPSA) is 87.5 Å². The van der Waals surface area contributed by atoms with Crippen LogP contribution < -0.4 is 21.3 Å². The van der Waals surface area contributed by atoms with Crippen molar-refractivity contribution in [2.24, 2.45) is 5.73 Å². The Balaban J connectivity index is 2.94. The monoisotopic (exact) mass is 294 g/mol. The van der Waals surface area contributed by atoms with Gasteiger partial charge in [0.1, 0.15) is 11.0 Å². The summed E-state index contributed by atoms with van der Waals surface area (Å²) < 4.78 is 0. The minimum atomic E-state index is -0.553. The lowest BCUT2D eigenvalue weighted by atomic mass is 10.1. The molecule has 0 spiro atoms. The van der Waals surface area contributed by atoms with E-state index >= 15 is 0 Å². The van der Waals surface area contributed by atoms with Crippen LogP contribution in [0.15, 0.2) is 24.3 Å². The minimum Gasteiger partial charge on any atom is -0.389 e. The third-order valence-electron chi connectivity index (χ3n) is 2.97. The maximum absolute atomic E-state index is 11.9. The van der Waals surface area contributed by atoms with Gasteiger partial charge in [-0.25, -0.2) is 4.79 Å². The minimum absolute atomic E-state index is 0.256. The van der Waals surface area contributed by atoms with Crippen molar-refractivity contribution in [3.05, 3.63) is 29.8 Å². The quantitative estimate of drug-likeness (QED) is 0.708. The SMILES string of the molecule is CNC(=O)NC(=O)C(C)N(C)c1ccccc1C(N)=S. The van der Waals surface area contributed by atoms with Crippen molar-refractivity contribution in [3.63, 3.8) is 0 Å². The molecule has 0 bridgehead atoms. The number of nitrogens with zero attached hydrogens (tertiary/aromatic N) is 1. The molecule has 0 aliphatic heterocycles. The van der Waals surface area contributed by atoms with Gasteiger partial charge in [-0.2, -0.15) is 0 Å². The van der Waals surface area contributed by atoms with Gasteiger partial charge in [0.25, 0.3) is 0 Å². The first-order valence-corrected chi connectivity index (χ1v) is 6.43. The zero-order valence-corrected chi connectivity index (χ0v) is 12.5. The molecule has 4 N–H and O–H groups in total. The number of hydrogen-bond donors (Lipinski definition) is 3. The lowest BCUT2D eigenvalue weighted by molar-refractivity contribution is -0.120. The van der Waals surface area contributed by atoms with E-state index in [0.29, 0.717) is 5.56 Å². The maximum Gasteiger partial charge on any atom is 0.321 e. The normalized spacial score (nSPS) is 11.3. The summed E-state index contributed by atoms with van der Waals surface area (Å²) in [5.41, 5.74) is 7.09. The van der Waals surface area contributed by atoms with Gasteiger partial charge < -0.3 is 16.0 Å². The molecular formula is C13H18N4O2S. The smallest absolute Gasteiger partial charge is 0.321 e. The molecule has 0 fully saturated rings. The molecule has 1 aromatic rings. The van der Waals surface area contributed by atoms with Gasteiger partial charge in [0.2, 0.25) is 5.91 Å². The summed E-state index contributed by atoms with van der Waals surface area (Å²) in [5, 5.41) is 4.56. The van der Waals surface area contributed by atoms with Crippen LogP contribution >= 0.6 is 12.2 Å². The highest BCUT2D eigenvalue weighted by Crippen LogP contribution is 2.21. The first-order valence-electron chi connectivity index (χ1n) is 6.02. The van der Waals surface area contributed by atoms with Gasteiger partial charge in [-0.3, -0.25) is 10.1 Å². The molecular weight excluding hydrogens is 276 g/mol. The highest BCUT2D eigenvalue weighted by molar-refractivity contribution is 7.80. The molecule has 1 atom stereocenters. The molecule has 0 saturated carbocycles. The van der Waals surface area contributed by atoms with Crippen LogP contribution in [-0.4, -0.2) is 37.1 Å². The summed E-state index contributed by atoms with van der Waals surface area (Å²) in [7, 11) is 3.18. The lowest BCUT2D eigenvalue weighted by Crippen LogP contribution is -2.48. The number of thiocarbonyl (C=S) groups is 1. The predicted molar refractivity (Wildman–Crippen MR) is 82.8 cm³/mol. The average Bonchev–Trinajstić information content (AvgIpc) is 2.45. The molecule has 20 heavy (non-hydrogen) atoms. The number of hydrogen-bond acceptors (Lipinski definition) is 4.